The summed E-state index contributed by atoms with van der Waals surface area (Å²) in [5.74, 6) is 0.696. The monoisotopic (exact) mass is 319 g/mol. The SMILES string of the molecule is O=C=NC1(c2ccc(C3CCCCC3)c(Br)c2)CC1. The van der Waals surface area contributed by atoms with Crippen LogP contribution in [0.4, 0.5) is 0 Å². The largest absolute Gasteiger partial charge is 0.235 e. The summed E-state index contributed by atoms with van der Waals surface area (Å²) in [7, 11) is 0. The number of nitrogens with zero attached hydrogens (tertiary/aromatic N) is 1. The second kappa shape index (κ2) is 5.22. The summed E-state index contributed by atoms with van der Waals surface area (Å²) in [6.45, 7) is 0. The molecule has 100 valence electrons. The van der Waals surface area contributed by atoms with E-state index in [4.69, 9.17) is 0 Å². The van der Waals surface area contributed by atoms with Crippen molar-refractivity contribution in [3.8, 4) is 0 Å². The lowest BCUT2D eigenvalue weighted by molar-refractivity contribution is 0.442. The Morgan fingerprint density at radius 3 is 2.53 bits per heavy atom. The third-order valence-corrected chi connectivity index (χ3v) is 5.25. The molecule has 0 atom stereocenters. The molecule has 3 rings (SSSR count). The van der Waals surface area contributed by atoms with E-state index in [1.165, 1.54) is 42.1 Å². The van der Waals surface area contributed by atoms with Gasteiger partial charge in [-0.3, -0.25) is 0 Å². The Bertz CT molecular complexity index is 524. The second-order valence-corrected chi connectivity index (χ2v) is 6.66. The van der Waals surface area contributed by atoms with Gasteiger partial charge in [0.1, 0.15) is 0 Å². The van der Waals surface area contributed by atoms with Gasteiger partial charge >= 0.3 is 0 Å². The van der Waals surface area contributed by atoms with Gasteiger partial charge in [0.15, 0.2) is 0 Å². The summed E-state index contributed by atoms with van der Waals surface area (Å²) >= 11 is 3.71. The summed E-state index contributed by atoms with van der Waals surface area (Å²) in [5, 5.41) is 0. The zero-order valence-electron chi connectivity index (χ0n) is 11.0. The van der Waals surface area contributed by atoms with Crippen molar-refractivity contribution in [2.75, 3.05) is 0 Å². The molecular weight excluding hydrogens is 302 g/mol. The average Bonchev–Trinajstić information content (AvgIpc) is 3.21. The molecule has 0 spiro atoms. The first-order chi connectivity index (χ1) is 9.25. The lowest BCUT2D eigenvalue weighted by atomic mass is 9.83. The van der Waals surface area contributed by atoms with Crippen LogP contribution in [0.2, 0.25) is 0 Å². The first kappa shape index (κ1) is 13.1. The van der Waals surface area contributed by atoms with Gasteiger partial charge in [-0.15, -0.1) is 0 Å². The Morgan fingerprint density at radius 1 is 1.21 bits per heavy atom. The number of aliphatic imine (C=N–C) groups is 1. The smallest absolute Gasteiger partial charge is 0.211 e. The van der Waals surface area contributed by atoms with Crippen LogP contribution in [0.3, 0.4) is 0 Å². The van der Waals surface area contributed by atoms with Gasteiger partial charge in [0.05, 0.1) is 5.54 Å². The Hall–Kier alpha value is -0.920. The summed E-state index contributed by atoms with van der Waals surface area (Å²) in [6, 6.07) is 6.55. The molecule has 2 aliphatic rings. The van der Waals surface area contributed by atoms with Crippen molar-refractivity contribution in [2.24, 2.45) is 4.99 Å². The molecule has 0 amide bonds. The minimum atomic E-state index is -0.255. The predicted molar refractivity (Wildman–Crippen MR) is 79.0 cm³/mol. The van der Waals surface area contributed by atoms with Crippen LogP contribution in [0.5, 0.6) is 0 Å². The molecule has 0 aliphatic heterocycles. The maximum Gasteiger partial charge on any atom is 0.235 e. The molecule has 2 fully saturated rings. The Kier molecular flexibility index (Phi) is 3.60. The van der Waals surface area contributed by atoms with Gasteiger partial charge < -0.3 is 0 Å². The van der Waals surface area contributed by atoms with E-state index in [1.807, 2.05) is 0 Å². The molecule has 0 bridgehead atoms. The van der Waals surface area contributed by atoms with Crippen LogP contribution in [-0.4, -0.2) is 6.08 Å². The van der Waals surface area contributed by atoms with E-state index < -0.39 is 0 Å². The quantitative estimate of drug-likeness (QED) is 0.580. The molecule has 0 aromatic heterocycles. The van der Waals surface area contributed by atoms with Crippen molar-refractivity contribution in [3.05, 3.63) is 33.8 Å². The van der Waals surface area contributed by atoms with Crippen molar-refractivity contribution in [3.63, 3.8) is 0 Å². The maximum absolute atomic E-state index is 10.5. The highest BCUT2D eigenvalue weighted by Crippen LogP contribution is 2.50. The van der Waals surface area contributed by atoms with E-state index in [9.17, 15) is 4.79 Å². The van der Waals surface area contributed by atoms with Crippen LogP contribution >= 0.6 is 15.9 Å². The van der Waals surface area contributed by atoms with E-state index in [1.54, 1.807) is 6.08 Å². The molecule has 0 unspecified atom stereocenters. The van der Waals surface area contributed by atoms with Crippen molar-refractivity contribution in [2.45, 2.75) is 56.4 Å². The van der Waals surface area contributed by atoms with Crippen LogP contribution in [-0.2, 0) is 10.3 Å². The van der Waals surface area contributed by atoms with Crippen molar-refractivity contribution >= 4 is 22.0 Å². The van der Waals surface area contributed by atoms with Crippen molar-refractivity contribution in [1.82, 2.24) is 0 Å². The Balaban J connectivity index is 1.87. The van der Waals surface area contributed by atoms with E-state index in [2.05, 4.69) is 39.1 Å². The van der Waals surface area contributed by atoms with Gasteiger partial charge in [0.25, 0.3) is 0 Å². The minimum absolute atomic E-state index is 0.255. The summed E-state index contributed by atoms with van der Waals surface area (Å²) in [6.07, 6.45) is 10.3. The molecule has 1 aromatic rings. The fourth-order valence-corrected chi connectivity index (χ4v) is 3.93. The van der Waals surface area contributed by atoms with Crippen LogP contribution in [0.15, 0.2) is 27.7 Å². The molecule has 19 heavy (non-hydrogen) atoms. The predicted octanol–water partition coefficient (Wildman–Crippen LogP) is 4.82. The van der Waals surface area contributed by atoms with Gasteiger partial charge in [-0.1, -0.05) is 47.3 Å². The third-order valence-electron chi connectivity index (χ3n) is 4.57. The average molecular weight is 320 g/mol. The maximum atomic E-state index is 10.5. The van der Waals surface area contributed by atoms with Gasteiger partial charge in [0, 0.05) is 4.47 Å². The number of hydrogen-bond acceptors (Lipinski definition) is 2. The number of carbonyl (C=O) groups excluding carboxylic acids is 1. The minimum Gasteiger partial charge on any atom is -0.211 e. The normalized spacial score (nSPS) is 21.7. The number of benzene rings is 1. The van der Waals surface area contributed by atoms with Gasteiger partial charge in [0.2, 0.25) is 6.08 Å². The highest BCUT2D eigenvalue weighted by Gasteiger charge is 2.45. The van der Waals surface area contributed by atoms with Gasteiger partial charge in [-0.25, -0.2) is 4.79 Å². The molecule has 0 N–H and O–H groups in total. The zero-order chi connectivity index (χ0) is 13.3. The first-order valence-electron chi connectivity index (χ1n) is 7.14. The molecule has 0 radical (unpaired) electrons. The topological polar surface area (TPSA) is 29.4 Å². The molecule has 0 saturated heterocycles. The van der Waals surface area contributed by atoms with Crippen LogP contribution in [0, 0.1) is 0 Å². The number of isocyanates is 1. The molecular formula is C16H18BrNO. The highest BCUT2D eigenvalue weighted by molar-refractivity contribution is 9.10. The fraction of sp³-hybridized carbons (Fsp3) is 0.562. The first-order valence-corrected chi connectivity index (χ1v) is 7.93. The Morgan fingerprint density at radius 2 is 1.95 bits per heavy atom. The molecule has 3 heteroatoms. The lowest BCUT2D eigenvalue weighted by Crippen LogP contribution is -2.07. The zero-order valence-corrected chi connectivity index (χ0v) is 12.6. The summed E-state index contributed by atoms with van der Waals surface area (Å²) in [4.78, 5) is 14.5. The van der Waals surface area contributed by atoms with E-state index in [0.717, 1.165) is 18.4 Å². The van der Waals surface area contributed by atoms with Gasteiger partial charge in [-0.05, 0) is 48.8 Å². The van der Waals surface area contributed by atoms with Crippen LogP contribution in [0.25, 0.3) is 0 Å². The van der Waals surface area contributed by atoms with E-state index in [-0.39, 0.29) is 5.54 Å². The lowest BCUT2D eigenvalue weighted by Gasteiger charge is -2.23. The van der Waals surface area contributed by atoms with Crippen LogP contribution < -0.4 is 0 Å². The molecule has 2 nitrogen and oxygen atoms in total. The van der Waals surface area contributed by atoms with E-state index >= 15 is 0 Å². The van der Waals surface area contributed by atoms with Gasteiger partial charge in [-0.2, -0.15) is 4.99 Å². The molecule has 1 aromatic carbocycles. The van der Waals surface area contributed by atoms with Crippen molar-refractivity contribution in [1.29, 1.82) is 0 Å². The number of rotatable bonds is 3. The van der Waals surface area contributed by atoms with Crippen LogP contribution in [0.1, 0.15) is 62.0 Å². The summed E-state index contributed by atoms with van der Waals surface area (Å²) < 4.78 is 1.18. The fourth-order valence-electron chi connectivity index (χ4n) is 3.23. The number of hydrogen-bond donors (Lipinski definition) is 0. The molecule has 2 saturated carbocycles. The number of halogens is 1. The standard InChI is InChI=1S/C16H18BrNO/c17-15-10-13(16(8-9-16)18-11-19)6-7-14(15)12-4-2-1-3-5-12/h6-7,10,12H,1-5,8-9H2. The van der Waals surface area contributed by atoms with E-state index in [0.29, 0.717) is 5.92 Å². The Labute approximate surface area is 122 Å². The summed E-state index contributed by atoms with van der Waals surface area (Å²) in [5.41, 5.74) is 2.33. The highest BCUT2D eigenvalue weighted by atomic mass is 79.9. The van der Waals surface area contributed by atoms with Crippen molar-refractivity contribution < 1.29 is 4.79 Å². The molecule has 0 heterocycles. The third kappa shape index (κ3) is 2.54. The molecule has 2 aliphatic carbocycles. The second-order valence-electron chi connectivity index (χ2n) is 5.81.